The van der Waals surface area contributed by atoms with Crippen molar-refractivity contribution < 1.29 is 0 Å². The fourth-order valence-corrected chi connectivity index (χ4v) is 2.85. The minimum Gasteiger partial charge on any atom is -0.346 e. The van der Waals surface area contributed by atoms with Gasteiger partial charge in [0.15, 0.2) is 0 Å². The third-order valence-electron chi connectivity index (χ3n) is 3.85. The van der Waals surface area contributed by atoms with Crippen molar-refractivity contribution in [1.29, 1.82) is 0 Å². The van der Waals surface area contributed by atoms with E-state index in [1.54, 1.807) is 0 Å². The van der Waals surface area contributed by atoms with E-state index >= 15 is 0 Å². The number of fused-ring (bicyclic) bond motifs is 1. The lowest BCUT2D eigenvalue weighted by Crippen LogP contribution is -1.93. The molecule has 0 bridgehead atoms. The molecule has 0 atom stereocenters. The van der Waals surface area contributed by atoms with Crippen molar-refractivity contribution in [2.75, 3.05) is 0 Å². The van der Waals surface area contributed by atoms with E-state index in [1.807, 2.05) is 0 Å². The van der Waals surface area contributed by atoms with Crippen molar-refractivity contribution in [2.24, 2.45) is 0 Å². The average molecular weight is 214 g/mol. The van der Waals surface area contributed by atoms with Crippen molar-refractivity contribution >= 4 is 11.0 Å². The highest BCUT2D eigenvalue weighted by Crippen LogP contribution is 2.35. The van der Waals surface area contributed by atoms with Gasteiger partial charge in [-0.05, 0) is 42.4 Å². The molecule has 0 radical (unpaired) electrons. The monoisotopic (exact) mass is 214 g/mol. The molecule has 2 nitrogen and oxygen atoms in total. The number of aryl methyl sites for hydroxylation is 1. The predicted octanol–water partition coefficient (Wildman–Crippen LogP) is 3.78. The van der Waals surface area contributed by atoms with Crippen LogP contribution in [0, 0.1) is 0 Å². The van der Waals surface area contributed by atoms with E-state index in [1.165, 1.54) is 42.2 Å². The summed E-state index contributed by atoms with van der Waals surface area (Å²) >= 11 is 0. The second kappa shape index (κ2) is 3.93. The van der Waals surface area contributed by atoms with Crippen LogP contribution < -0.4 is 0 Å². The molecule has 1 N–H and O–H groups in total. The zero-order chi connectivity index (χ0) is 11.0. The molecular formula is C14H18N2. The molecule has 1 aliphatic carbocycles. The number of rotatable bonds is 2. The molecule has 1 fully saturated rings. The van der Waals surface area contributed by atoms with Crippen LogP contribution in [0.2, 0.25) is 0 Å². The second-order valence-corrected chi connectivity index (χ2v) is 4.81. The summed E-state index contributed by atoms with van der Waals surface area (Å²) in [7, 11) is 0. The van der Waals surface area contributed by atoms with Gasteiger partial charge in [0.25, 0.3) is 0 Å². The normalized spacial score (nSPS) is 17.3. The first kappa shape index (κ1) is 9.88. The molecule has 84 valence electrons. The predicted molar refractivity (Wildman–Crippen MR) is 66.7 cm³/mol. The van der Waals surface area contributed by atoms with E-state index in [2.05, 4.69) is 35.4 Å². The van der Waals surface area contributed by atoms with Crippen LogP contribution in [-0.4, -0.2) is 9.97 Å². The molecule has 0 unspecified atom stereocenters. The Kier molecular flexibility index (Phi) is 2.43. The summed E-state index contributed by atoms with van der Waals surface area (Å²) in [6, 6.07) is 2.35. The van der Waals surface area contributed by atoms with Gasteiger partial charge >= 0.3 is 0 Å². The lowest BCUT2D eigenvalue weighted by Gasteiger charge is -2.08. The molecule has 0 aliphatic heterocycles. The molecule has 16 heavy (non-hydrogen) atoms. The Labute approximate surface area is 96.1 Å². The number of hydrogen-bond donors (Lipinski definition) is 1. The highest BCUT2D eigenvalue weighted by Gasteiger charge is 2.18. The van der Waals surface area contributed by atoms with Gasteiger partial charge in [-0.25, -0.2) is 4.98 Å². The summed E-state index contributed by atoms with van der Waals surface area (Å²) in [6.07, 6.45) is 10.7. The zero-order valence-corrected chi connectivity index (χ0v) is 9.79. The Morgan fingerprint density at radius 2 is 2.19 bits per heavy atom. The molecule has 1 saturated carbocycles. The summed E-state index contributed by atoms with van der Waals surface area (Å²) in [5.74, 6) is 0.761. The fourth-order valence-electron chi connectivity index (χ4n) is 2.85. The van der Waals surface area contributed by atoms with Gasteiger partial charge in [-0.2, -0.15) is 0 Å². The van der Waals surface area contributed by atoms with E-state index in [-0.39, 0.29) is 0 Å². The van der Waals surface area contributed by atoms with Crippen molar-refractivity contribution in [3.05, 3.63) is 29.6 Å². The van der Waals surface area contributed by atoms with Gasteiger partial charge in [0.2, 0.25) is 0 Å². The van der Waals surface area contributed by atoms with Gasteiger partial charge < -0.3 is 4.98 Å². The molecule has 0 saturated heterocycles. The average Bonchev–Trinajstić information content (AvgIpc) is 2.97. The van der Waals surface area contributed by atoms with Gasteiger partial charge in [-0.1, -0.05) is 19.8 Å². The summed E-state index contributed by atoms with van der Waals surface area (Å²) in [5.41, 5.74) is 3.88. The molecule has 2 aromatic rings. The van der Waals surface area contributed by atoms with Crippen LogP contribution in [0.4, 0.5) is 0 Å². The smallest absolute Gasteiger partial charge is 0.137 e. The van der Waals surface area contributed by atoms with Crippen molar-refractivity contribution in [3.63, 3.8) is 0 Å². The van der Waals surface area contributed by atoms with E-state index in [4.69, 9.17) is 0 Å². The minimum atomic E-state index is 0.761. The number of nitrogens with one attached hydrogen (secondary N) is 1. The van der Waals surface area contributed by atoms with E-state index < -0.39 is 0 Å². The third kappa shape index (κ3) is 1.53. The first-order chi connectivity index (χ1) is 7.88. The first-order valence-electron chi connectivity index (χ1n) is 6.34. The number of pyridine rings is 1. The van der Waals surface area contributed by atoms with Gasteiger partial charge in [-0.15, -0.1) is 0 Å². The number of nitrogens with zero attached hydrogens (tertiary/aromatic N) is 1. The third-order valence-corrected chi connectivity index (χ3v) is 3.85. The molecule has 2 aromatic heterocycles. The number of aromatic amines is 1. The van der Waals surface area contributed by atoms with Gasteiger partial charge in [0.1, 0.15) is 5.65 Å². The van der Waals surface area contributed by atoms with Crippen LogP contribution in [0.1, 0.15) is 49.7 Å². The van der Waals surface area contributed by atoms with Crippen LogP contribution in [0.15, 0.2) is 18.5 Å². The lowest BCUT2D eigenvalue weighted by atomic mass is 9.98. The second-order valence-electron chi connectivity index (χ2n) is 4.81. The Morgan fingerprint density at radius 3 is 2.94 bits per heavy atom. The topological polar surface area (TPSA) is 28.7 Å². The summed E-state index contributed by atoms with van der Waals surface area (Å²) in [4.78, 5) is 7.78. The highest BCUT2D eigenvalue weighted by atomic mass is 14.8. The Bertz CT molecular complexity index is 492. The van der Waals surface area contributed by atoms with Crippen LogP contribution >= 0.6 is 0 Å². The van der Waals surface area contributed by atoms with Crippen molar-refractivity contribution in [3.8, 4) is 0 Å². The number of H-pyrrole nitrogens is 1. The van der Waals surface area contributed by atoms with Gasteiger partial charge in [0.05, 0.1) is 0 Å². The molecule has 0 amide bonds. The highest BCUT2D eigenvalue weighted by molar-refractivity contribution is 5.80. The van der Waals surface area contributed by atoms with Crippen LogP contribution in [0.5, 0.6) is 0 Å². The van der Waals surface area contributed by atoms with Crippen LogP contribution in [-0.2, 0) is 6.42 Å². The Hall–Kier alpha value is -1.31. The van der Waals surface area contributed by atoms with Crippen molar-refractivity contribution in [2.45, 2.75) is 44.9 Å². The van der Waals surface area contributed by atoms with Gasteiger partial charge in [-0.3, -0.25) is 0 Å². The van der Waals surface area contributed by atoms with Crippen molar-refractivity contribution in [1.82, 2.24) is 9.97 Å². The molecule has 0 aromatic carbocycles. The van der Waals surface area contributed by atoms with Crippen LogP contribution in [0.25, 0.3) is 11.0 Å². The van der Waals surface area contributed by atoms with E-state index in [9.17, 15) is 0 Å². The molecular weight excluding hydrogens is 196 g/mol. The molecule has 0 spiro atoms. The summed E-state index contributed by atoms with van der Waals surface area (Å²) in [5, 5.41) is 1.33. The maximum Gasteiger partial charge on any atom is 0.137 e. The van der Waals surface area contributed by atoms with E-state index in [0.717, 1.165) is 18.0 Å². The Morgan fingerprint density at radius 1 is 1.38 bits per heavy atom. The quantitative estimate of drug-likeness (QED) is 0.809. The minimum absolute atomic E-state index is 0.761. The summed E-state index contributed by atoms with van der Waals surface area (Å²) < 4.78 is 0. The Balaban J connectivity index is 2.06. The first-order valence-corrected chi connectivity index (χ1v) is 6.34. The SMILES string of the molecule is CCc1c[nH]c2ncc(C3CCCC3)cc12. The number of aromatic nitrogens is 2. The lowest BCUT2D eigenvalue weighted by molar-refractivity contribution is 0.721. The maximum atomic E-state index is 4.54. The van der Waals surface area contributed by atoms with Crippen LogP contribution in [0.3, 0.4) is 0 Å². The molecule has 3 rings (SSSR count). The summed E-state index contributed by atoms with van der Waals surface area (Å²) in [6.45, 7) is 2.20. The maximum absolute atomic E-state index is 4.54. The standard InChI is InChI=1S/C14H18N2/c1-2-10-8-15-14-13(10)7-12(9-16-14)11-5-3-4-6-11/h7-9,11H,2-6H2,1H3,(H,15,16). The number of hydrogen-bond acceptors (Lipinski definition) is 1. The van der Waals surface area contributed by atoms with Gasteiger partial charge in [0, 0.05) is 17.8 Å². The largest absolute Gasteiger partial charge is 0.346 e. The zero-order valence-electron chi connectivity index (χ0n) is 9.79. The van der Waals surface area contributed by atoms with E-state index in [0.29, 0.717) is 0 Å². The fraction of sp³-hybridized carbons (Fsp3) is 0.500. The molecule has 2 heterocycles. The molecule has 1 aliphatic rings. The molecule has 2 heteroatoms.